The Hall–Kier alpha value is -1.27. The first-order valence-electron chi connectivity index (χ1n) is 6.33. The van der Waals surface area contributed by atoms with E-state index in [2.05, 4.69) is 32.8 Å². The SMILES string of the molecule is CCCc1cc(=O)[nH]c(Sc2cc(C)c(N)cc2Br)n1. The highest BCUT2D eigenvalue weighted by Crippen LogP contribution is 2.34. The molecular weight excluding hydrogens is 338 g/mol. The summed E-state index contributed by atoms with van der Waals surface area (Å²) < 4.78 is 0.897. The van der Waals surface area contributed by atoms with Crippen molar-refractivity contribution < 1.29 is 0 Å². The highest BCUT2D eigenvalue weighted by molar-refractivity contribution is 9.10. The van der Waals surface area contributed by atoms with Crippen LogP contribution in [0, 0.1) is 6.92 Å². The van der Waals surface area contributed by atoms with E-state index in [9.17, 15) is 4.79 Å². The Balaban J connectivity index is 2.34. The van der Waals surface area contributed by atoms with E-state index in [0.717, 1.165) is 39.2 Å². The van der Waals surface area contributed by atoms with E-state index in [0.29, 0.717) is 5.16 Å². The lowest BCUT2D eigenvalue weighted by Crippen LogP contribution is -2.09. The summed E-state index contributed by atoms with van der Waals surface area (Å²) >= 11 is 4.91. The van der Waals surface area contributed by atoms with Crippen LogP contribution in [0.3, 0.4) is 0 Å². The number of halogens is 1. The van der Waals surface area contributed by atoms with Crippen molar-refractivity contribution in [3.8, 4) is 0 Å². The van der Waals surface area contributed by atoms with Gasteiger partial charge in [-0.1, -0.05) is 25.1 Å². The molecule has 0 saturated heterocycles. The van der Waals surface area contributed by atoms with Gasteiger partial charge in [0.15, 0.2) is 5.16 Å². The molecule has 2 aromatic rings. The zero-order chi connectivity index (χ0) is 14.7. The number of hydrogen-bond acceptors (Lipinski definition) is 4. The van der Waals surface area contributed by atoms with Crippen molar-refractivity contribution in [3.05, 3.63) is 44.3 Å². The number of nitrogens with one attached hydrogen (secondary N) is 1. The molecule has 0 atom stereocenters. The summed E-state index contributed by atoms with van der Waals surface area (Å²) in [6.07, 6.45) is 1.77. The molecule has 0 unspecified atom stereocenters. The number of anilines is 1. The Morgan fingerprint density at radius 2 is 2.15 bits per heavy atom. The van der Waals surface area contributed by atoms with E-state index in [4.69, 9.17) is 5.73 Å². The maximum Gasteiger partial charge on any atom is 0.251 e. The summed E-state index contributed by atoms with van der Waals surface area (Å²) in [6, 6.07) is 5.40. The van der Waals surface area contributed by atoms with Crippen molar-refractivity contribution in [2.45, 2.75) is 36.7 Å². The Morgan fingerprint density at radius 3 is 2.85 bits per heavy atom. The first-order valence-corrected chi connectivity index (χ1v) is 7.94. The van der Waals surface area contributed by atoms with E-state index in [1.807, 2.05) is 19.1 Å². The standard InChI is InChI=1S/C14H16BrN3OS/c1-3-4-9-6-13(19)18-14(17-9)20-12-5-8(2)11(16)7-10(12)15/h5-7H,3-4,16H2,1-2H3,(H,17,18,19). The predicted molar refractivity (Wildman–Crippen MR) is 86.3 cm³/mol. The minimum absolute atomic E-state index is 0.116. The van der Waals surface area contributed by atoms with Crippen molar-refractivity contribution in [3.63, 3.8) is 0 Å². The van der Waals surface area contributed by atoms with Crippen LogP contribution in [-0.4, -0.2) is 9.97 Å². The van der Waals surface area contributed by atoms with Crippen LogP contribution in [0.15, 0.2) is 37.5 Å². The molecule has 0 aliphatic carbocycles. The van der Waals surface area contributed by atoms with Crippen LogP contribution in [-0.2, 0) is 6.42 Å². The van der Waals surface area contributed by atoms with Gasteiger partial charge in [-0.2, -0.15) is 0 Å². The molecular formula is C14H16BrN3OS. The van der Waals surface area contributed by atoms with Gasteiger partial charge in [-0.15, -0.1) is 0 Å². The first kappa shape index (κ1) is 15.1. The smallest absolute Gasteiger partial charge is 0.251 e. The van der Waals surface area contributed by atoms with Crippen LogP contribution in [0.5, 0.6) is 0 Å². The van der Waals surface area contributed by atoms with Crippen LogP contribution in [0.4, 0.5) is 5.69 Å². The molecule has 3 N–H and O–H groups in total. The Morgan fingerprint density at radius 1 is 1.40 bits per heavy atom. The van der Waals surface area contributed by atoms with Crippen molar-refractivity contribution in [1.29, 1.82) is 0 Å². The average Bonchev–Trinajstić information content (AvgIpc) is 2.35. The number of benzene rings is 1. The molecule has 0 aliphatic heterocycles. The quantitative estimate of drug-likeness (QED) is 0.651. The summed E-state index contributed by atoms with van der Waals surface area (Å²) in [5.41, 5.74) is 8.30. The minimum Gasteiger partial charge on any atom is -0.398 e. The lowest BCUT2D eigenvalue weighted by molar-refractivity contribution is 0.816. The Bertz CT molecular complexity index is 685. The molecule has 1 heterocycles. The summed E-state index contributed by atoms with van der Waals surface area (Å²) in [5, 5.41) is 0.603. The van der Waals surface area contributed by atoms with Gasteiger partial charge < -0.3 is 10.7 Å². The Labute approximate surface area is 130 Å². The second-order valence-corrected chi connectivity index (χ2v) is 6.42. The molecule has 1 aromatic carbocycles. The van der Waals surface area contributed by atoms with E-state index < -0.39 is 0 Å². The van der Waals surface area contributed by atoms with Gasteiger partial charge in [0.1, 0.15) is 0 Å². The highest BCUT2D eigenvalue weighted by Gasteiger charge is 2.08. The number of nitrogens with two attached hydrogens (primary N) is 1. The number of aromatic nitrogens is 2. The maximum atomic E-state index is 11.6. The number of H-pyrrole nitrogens is 1. The fourth-order valence-electron chi connectivity index (χ4n) is 1.77. The third-order valence-corrected chi connectivity index (χ3v) is 4.67. The first-order chi connectivity index (χ1) is 9.49. The molecule has 0 amide bonds. The van der Waals surface area contributed by atoms with Gasteiger partial charge in [-0.3, -0.25) is 4.79 Å². The lowest BCUT2D eigenvalue weighted by Gasteiger charge is -2.08. The number of nitrogens with zero attached hydrogens (tertiary/aromatic N) is 1. The van der Waals surface area contributed by atoms with Gasteiger partial charge in [0.25, 0.3) is 5.56 Å². The van der Waals surface area contributed by atoms with Crippen molar-refractivity contribution in [2.24, 2.45) is 0 Å². The van der Waals surface area contributed by atoms with Crippen molar-refractivity contribution >= 4 is 33.4 Å². The van der Waals surface area contributed by atoms with Gasteiger partial charge >= 0.3 is 0 Å². The third kappa shape index (κ3) is 3.64. The van der Waals surface area contributed by atoms with Crippen LogP contribution in [0.25, 0.3) is 0 Å². The molecule has 0 saturated carbocycles. The van der Waals surface area contributed by atoms with Crippen LogP contribution in [0.1, 0.15) is 24.6 Å². The molecule has 1 aromatic heterocycles. The zero-order valence-electron chi connectivity index (χ0n) is 11.4. The van der Waals surface area contributed by atoms with Crippen LogP contribution >= 0.6 is 27.7 Å². The van der Waals surface area contributed by atoms with E-state index >= 15 is 0 Å². The number of rotatable bonds is 4. The van der Waals surface area contributed by atoms with Gasteiger partial charge in [0.2, 0.25) is 0 Å². The van der Waals surface area contributed by atoms with Crippen LogP contribution in [0.2, 0.25) is 0 Å². The molecule has 4 nitrogen and oxygen atoms in total. The third-order valence-electron chi connectivity index (χ3n) is 2.81. The Kier molecular flexibility index (Phi) is 4.88. The molecule has 0 radical (unpaired) electrons. The fraction of sp³-hybridized carbons (Fsp3) is 0.286. The molecule has 0 spiro atoms. The van der Waals surface area contributed by atoms with E-state index in [-0.39, 0.29) is 5.56 Å². The van der Waals surface area contributed by atoms with Crippen molar-refractivity contribution in [1.82, 2.24) is 9.97 Å². The number of hydrogen-bond donors (Lipinski definition) is 2. The fourth-order valence-corrected chi connectivity index (χ4v) is 3.29. The number of nitrogen functional groups attached to an aromatic ring is 1. The number of aromatic amines is 1. The lowest BCUT2D eigenvalue weighted by atomic mass is 10.2. The summed E-state index contributed by atoms with van der Waals surface area (Å²) in [4.78, 5) is 19.8. The largest absolute Gasteiger partial charge is 0.398 e. The van der Waals surface area contributed by atoms with Gasteiger partial charge in [0.05, 0.1) is 0 Å². The summed E-state index contributed by atoms with van der Waals surface area (Å²) in [5.74, 6) is 0. The topological polar surface area (TPSA) is 71.8 Å². The van der Waals surface area contributed by atoms with Crippen LogP contribution < -0.4 is 11.3 Å². The van der Waals surface area contributed by atoms with Gasteiger partial charge in [-0.25, -0.2) is 4.98 Å². The van der Waals surface area contributed by atoms with E-state index in [1.54, 1.807) is 6.07 Å². The van der Waals surface area contributed by atoms with Gasteiger partial charge in [-0.05, 0) is 47.0 Å². The minimum atomic E-state index is -0.116. The molecule has 0 fully saturated rings. The second kappa shape index (κ2) is 6.45. The monoisotopic (exact) mass is 353 g/mol. The molecule has 20 heavy (non-hydrogen) atoms. The second-order valence-electron chi connectivity index (χ2n) is 4.53. The van der Waals surface area contributed by atoms with Crippen molar-refractivity contribution in [2.75, 3.05) is 5.73 Å². The molecule has 0 aliphatic rings. The zero-order valence-corrected chi connectivity index (χ0v) is 13.8. The van der Waals surface area contributed by atoms with E-state index in [1.165, 1.54) is 11.8 Å². The highest BCUT2D eigenvalue weighted by atomic mass is 79.9. The predicted octanol–water partition coefficient (Wildman–Crippen LogP) is 3.53. The number of aryl methyl sites for hydroxylation is 2. The van der Waals surface area contributed by atoms with Gasteiger partial charge in [0, 0.05) is 26.8 Å². The molecule has 6 heteroatoms. The molecule has 106 valence electrons. The molecule has 2 rings (SSSR count). The summed E-state index contributed by atoms with van der Waals surface area (Å²) in [7, 11) is 0. The molecule has 0 bridgehead atoms. The summed E-state index contributed by atoms with van der Waals surface area (Å²) in [6.45, 7) is 4.02. The average molecular weight is 354 g/mol. The normalized spacial score (nSPS) is 10.8. The maximum absolute atomic E-state index is 11.6.